The van der Waals surface area contributed by atoms with Gasteiger partial charge in [0.2, 0.25) is 0 Å². The molecule has 6 heteroatoms. The van der Waals surface area contributed by atoms with Crippen molar-refractivity contribution in [2.24, 2.45) is 5.41 Å². The van der Waals surface area contributed by atoms with Crippen LogP contribution in [0.3, 0.4) is 0 Å². The van der Waals surface area contributed by atoms with Gasteiger partial charge >= 0.3 is 6.09 Å². The lowest BCUT2D eigenvalue weighted by Crippen LogP contribution is -2.51. The number of rotatable bonds is 5. The molecule has 0 spiro atoms. The first-order chi connectivity index (χ1) is 11.2. The molecule has 1 atom stereocenters. The van der Waals surface area contributed by atoms with Crippen LogP contribution in [0.25, 0.3) is 0 Å². The van der Waals surface area contributed by atoms with E-state index in [2.05, 4.69) is 39.6 Å². The summed E-state index contributed by atoms with van der Waals surface area (Å²) in [4.78, 5) is 14.3. The summed E-state index contributed by atoms with van der Waals surface area (Å²) in [7, 11) is 0. The van der Waals surface area contributed by atoms with Crippen LogP contribution in [0.1, 0.15) is 52.5 Å². The van der Waals surface area contributed by atoms with E-state index in [4.69, 9.17) is 4.74 Å². The van der Waals surface area contributed by atoms with Crippen LogP contribution >= 0.6 is 27.3 Å². The standard InChI is InChI=1S/C18H29BrN2O2S/c1-5-18(12-20-10-14-9-15(19)24-11-14)7-6-8-21(13-18)16(22)23-17(2,3)4/h9,11,20H,5-8,10,12-13H2,1-4H3. The molecule has 0 aliphatic carbocycles. The fraction of sp³-hybridized carbons (Fsp3) is 0.722. The highest BCUT2D eigenvalue weighted by Gasteiger charge is 2.36. The Kier molecular flexibility index (Phi) is 6.74. The maximum atomic E-state index is 12.4. The second kappa shape index (κ2) is 8.19. The Balaban J connectivity index is 1.91. The summed E-state index contributed by atoms with van der Waals surface area (Å²) in [5.74, 6) is 0. The van der Waals surface area contributed by atoms with Gasteiger partial charge in [-0.3, -0.25) is 0 Å². The van der Waals surface area contributed by atoms with Gasteiger partial charge in [0.05, 0.1) is 3.79 Å². The minimum Gasteiger partial charge on any atom is -0.444 e. The van der Waals surface area contributed by atoms with Gasteiger partial charge in [-0.25, -0.2) is 4.79 Å². The molecule has 0 saturated carbocycles. The molecular weight excluding hydrogens is 388 g/mol. The Bertz CT molecular complexity index is 555. The van der Waals surface area contributed by atoms with Crippen LogP contribution in [0, 0.1) is 5.41 Å². The molecule has 1 saturated heterocycles. The van der Waals surface area contributed by atoms with Crippen molar-refractivity contribution in [3.05, 3.63) is 20.8 Å². The molecule has 1 unspecified atom stereocenters. The Morgan fingerprint density at radius 3 is 2.83 bits per heavy atom. The highest BCUT2D eigenvalue weighted by molar-refractivity contribution is 9.11. The van der Waals surface area contributed by atoms with Crippen LogP contribution in [-0.2, 0) is 11.3 Å². The summed E-state index contributed by atoms with van der Waals surface area (Å²) < 4.78 is 6.72. The number of halogens is 1. The average molecular weight is 417 g/mol. The summed E-state index contributed by atoms with van der Waals surface area (Å²) in [6.07, 6.45) is 3.08. The Morgan fingerprint density at radius 1 is 1.50 bits per heavy atom. The fourth-order valence-corrected chi connectivity index (χ4v) is 4.37. The van der Waals surface area contributed by atoms with Crippen LogP contribution in [0.2, 0.25) is 0 Å². The molecule has 1 aromatic heterocycles. The van der Waals surface area contributed by atoms with Crippen molar-refractivity contribution in [1.29, 1.82) is 0 Å². The lowest BCUT2D eigenvalue weighted by atomic mass is 9.77. The highest BCUT2D eigenvalue weighted by atomic mass is 79.9. The SMILES string of the molecule is CCC1(CNCc2csc(Br)c2)CCCN(C(=O)OC(C)(C)C)C1. The van der Waals surface area contributed by atoms with Crippen molar-refractivity contribution in [2.45, 2.75) is 59.1 Å². The first kappa shape index (κ1) is 19.7. The predicted octanol–water partition coefficient (Wildman–Crippen LogP) is 5.03. The van der Waals surface area contributed by atoms with Gasteiger partial charge in [-0.1, -0.05) is 6.92 Å². The van der Waals surface area contributed by atoms with Crippen molar-refractivity contribution in [3.8, 4) is 0 Å². The number of amides is 1. The van der Waals surface area contributed by atoms with Gasteiger partial charge in [-0.2, -0.15) is 0 Å². The fourth-order valence-electron chi connectivity index (χ4n) is 3.16. The number of carbonyl (C=O) groups is 1. The molecule has 0 aromatic carbocycles. The normalized spacial score (nSPS) is 21.8. The van der Waals surface area contributed by atoms with Crippen molar-refractivity contribution in [1.82, 2.24) is 10.2 Å². The zero-order chi connectivity index (χ0) is 17.8. The first-order valence-electron chi connectivity index (χ1n) is 8.65. The zero-order valence-electron chi connectivity index (χ0n) is 15.2. The van der Waals surface area contributed by atoms with Crippen LogP contribution in [0.15, 0.2) is 15.2 Å². The Morgan fingerprint density at radius 2 is 2.25 bits per heavy atom. The van der Waals surface area contributed by atoms with E-state index in [0.717, 1.165) is 45.4 Å². The van der Waals surface area contributed by atoms with Gasteiger partial charge in [0, 0.05) is 31.6 Å². The second-order valence-electron chi connectivity index (χ2n) is 7.72. The van der Waals surface area contributed by atoms with Crippen LogP contribution in [-0.4, -0.2) is 36.2 Å². The quantitative estimate of drug-likeness (QED) is 0.731. The monoisotopic (exact) mass is 416 g/mol. The summed E-state index contributed by atoms with van der Waals surface area (Å²) in [6.45, 7) is 11.4. The summed E-state index contributed by atoms with van der Waals surface area (Å²) in [5.41, 5.74) is 1.01. The maximum absolute atomic E-state index is 12.4. The molecule has 4 nitrogen and oxygen atoms in total. The van der Waals surface area contributed by atoms with E-state index in [9.17, 15) is 4.79 Å². The van der Waals surface area contributed by atoms with Crippen molar-refractivity contribution < 1.29 is 9.53 Å². The van der Waals surface area contributed by atoms with Crippen LogP contribution < -0.4 is 5.32 Å². The van der Waals surface area contributed by atoms with Gasteiger partial charge in [0.1, 0.15) is 5.60 Å². The number of hydrogen-bond acceptors (Lipinski definition) is 4. The highest BCUT2D eigenvalue weighted by Crippen LogP contribution is 2.33. The first-order valence-corrected chi connectivity index (χ1v) is 10.3. The molecule has 1 aliphatic rings. The summed E-state index contributed by atoms with van der Waals surface area (Å²) in [5, 5.41) is 5.76. The van der Waals surface area contributed by atoms with E-state index < -0.39 is 5.60 Å². The third kappa shape index (κ3) is 5.74. The molecule has 0 radical (unpaired) electrons. The Labute approximate surface area is 158 Å². The van der Waals surface area contributed by atoms with Crippen LogP contribution in [0.5, 0.6) is 0 Å². The molecule has 136 valence electrons. The molecule has 1 aromatic rings. The number of carbonyl (C=O) groups excluding carboxylic acids is 1. The van der Waals surface area contributed by atoms with Crippen molar-refractivity contribution in [3.63, 3.8) is 0 Å². The smallest absolute Gasteiger partial charge is 0.410 e. The maximum Gasteiger partial charge on any atom is 0.410 e. The lowest BCUT2D eigenvalue weighted by Gasteiger charge is -2.43. The van der Waals surface area contributed by atoms with E-state index in [1.165, 1.54) is 9.35 Å². The molecule has 1 fully saturated rings. The topological polar surface area (TPSA) is 41.6 Å². The van der Waals surface area contributed by atoms with E-state index in [1.807, 2.05) is 25.7 Å². The average Bonchev–Trinajstić information content (AvgIpc) is 2.91. The number of piperidine rings is 1. The number of thiophene rings is 1. The van der Waals surface area contributed by atoms with Gasteiger partial charge in [0.25, 0.3) is 0 Å². The summed E-state index contributed by atoms with van der Waals surface area (Å²) in [6, 6.07) is 2.16. The molecule has 1 N–H and O–H groups in total. The second-order valence-corrected chi connectivity index (χ2v) is 10.0. The van der Waals surface area contributed by atoms with Crippen LogP contribution in [0.4, 0.5) is 4.79 Å². The van der Waals surface area contributed by atoms with Crippen molar-refractivity contribution >= 4 is 33.4 Å². The Hall–Kier alpha value is -0.590. The minimum atomic E-state index is -0.437. The summed E-state index contributed by atoms with van der Waals surface area (Å²) >= 11 is 5.22. The van der Waals surface area contributed by atoms with Gasteiger partial charge in [-0.05, 0) is 73.0 Å². The number of nitrogens with zero attached hydrogens (tertiary/aromatic N) is 1. The number of nitrogens with one attached hydrogen (secondary N) is 1. The molecule has 24 heavy (non-hydrogen) atoms. The largest absolute Gasteiger partial charge is 0.444 e. The third-order valence-corrected chi connectivity index (χ3v) is 6.07. The number of ether oxygens (including phenoxy) is 1. The molecule has 0 bridgehead atoms. The van der Waals surface area contributed by atoms with Crippen molar-refractivity contribution in [2.75, 3.05) is 19.6 Å². The molecule has 2 heterocycles. The molecule has 1 amide bonds. The van der Waals surface area contributed by atoms with E-state index >= 15 is 0 Å². The van der Waals surface area contributed by atoms with E-state index in [0.29, 0.717) is 0 Å². The van der Waals surface area contributed by atoms with Gasteiger partial charge < -0.3 is 15.0 Å². The number of likely N-dealkylation sites (tertiary alicyclic amines) is 1. The number of hydrogen-bond donors (Lipinski definition) is 1. The predicted molar refractivity (Wildman–Crippen MR) is 103 cm³/mol. The molecule has 1 aliphatic heterocycles. The molecular formula is C18H29BrN2O2S. The zero-order valence-corrected chi connectivity index (χ0v) is 17.6. The third-order valence-electron chi connectivity index (χ3n) is 4.51. The van der Waals surface area contributed by atoms with E-state index in [1.54, 1.807) is 11.3 Å². The lowest BCUT2D eigenvalue weighted by molar-refractivity contribution is 0.00332. The minimum absolute atomic E-state index is 0.141. The van der Waals surface area contributed by atoms with E-state index in [-0.39, 0.29) is 11.5 Å². The molecule has 2 rings (SSSR count). The van der Waals surface area contributed by atoms with Gasteiger partial charge in [-0.15, -0.1) is 11.3 Å². The van der Waals surface area contributed by atoms with Gasteiger partial charge in [0.15, 0.2) is 0 Å².